The maximum atomic E-state index is 2.62. The fraction of sp³-hybridized carbons (Fsp3) is 0.684. The van der Waals surface area contributed by atoms with Gasteiger partial charge in [0.1, 0.15) is 0 Å². The molecule has 1 aromatic carbocycles. The topological polar surface area (TPSA) is 6.48 Å². The molecule has 120 valence electrons. The second-order valence-electron chi connectivity index (χ2n) is 6.57. The van der Waals surface area contributed by atoms with Crippen LogP contribution in [0.15, 0.2) is 24.3 Å². The van der Waals surface area contributed by atoms with Crippen molar-refractivity contribution in [1.29, 1.82) is 0 Å². The molecule has 0 radical (unpaired) electrons. The summed E-state index contributed by atoms with van der Waals surface area (Å²) in [6, 6.07) is 8.73. The first-order valence-corrected chi connectivity index (χ1v) is 8.55. The summed E-state index contributed by atoms with van der Waals surface area (Å²) in [6.07, 6.45) is 1.25. The minimum absolute atomic E-state index is 0.449. The molecule has 0 N–H and O–H groups in total. The first-order valence-electron chi connectivity index (χ1n) is 8.55. The quantitative estimate of drug-likeness (QED) is 0.801. The Morgan fingerprint density at radius 3 is 2.10 bits per heavy atom. The summed E-state index contributed by atoms with van der Waals surface area (Å²) in [5.41, 5.74) is 3.26. The number of hydrogen-bond acceptors (Lipinski definition) is 2. The molecule has 0 bridgehead atoms. The molecule has 0 spiro atoms. The van der Waals surface area contributed by atoms with Crippen molar-refractivity contribution in [2.24, 2.45) is 5.41 Å². The number of benzene rings is 1. The molecule has 2 heteroatoms. The molecule has 1 aliphatic rings. The van der Waals surface area contributed by atoms with E-state index < -0.39 is 0 Å². The summed E-state index contributed by atoms with van der Waals surface area (Å²) in [5.74, 6) is 0. The van der Waals surface area contributed by atoms with Crippen LogP contribution in [-0.2, 0) is 0 Å². The number of piperazine rings is 1. The van der Waals surface area contributed by atoms with Gasteiger partial charge in [0.05, 0.1) is 0 Å². The van der Waals surface area contributed by atoms with Crippen molar-refractivity contribution < 1.29 is 0 Å². The highest BCUT2D eigenvalue weighted by Gasteiger charge is 2.23. The molecule has 0 saturated carbocycles. The molecule has 2 rings (SSSR count). The summed E-state index contributed by atoms with van der Waals surface area (Å²) >= 11 is 0. The number of aryl methyl sites for hydroxylation is 1. The van der Waals surface area contributed by atoms with Crippen LogP contribution in [0.3, 0.4) is 0 Å². The van der Waals surface area contributed by atoms with Gasteiger partial charge in [0, 0.05) is 38.4 Å². The minimum Gasteiger partial charge on any atom is -0.369 e. The maximum Gasteiger partial charge on any atom is 0.0396 e. The molecular formula is C19H34N2. The van der Waals surface area contributed by atoms with Crippen molar-refractivity contribution in [3.63, 3.8) is 0 Å². The summed E-state index contributed by atoms with van der Waals surface area (Å²) in [5, 5.41) is 0. The third-order valence-corrected chi connectivity index (χ3v) is 4.44. The first kappa shape index (κ1) is 18.0. The molecule has 1 fully saturated rings. The average molecular weight is 290 g/mol. The molecule has 1 aliphatic heterocycles. The molecule has 1 aromatic rings. The Balaban J connectivity index is 0.00000106. The van der Waals surface area contributed by atoms with Crippen LogP contribution >= 0.6 is 0 Å². The van der Waals surface area contributed by atoms with E-state index >= 15 is 0 Å². The summed E-state index contributed by atoms with van der Waals surface area (Å²) in [7, 11) is 0. The van der Waals surface area contributed by atoms with Gasteiger partial charge in [-0.2, -0.15) is 0 Å². The van der Waals surface area contributed by atoms with Gasteiger partial charge in [-0.25, -0.2) is 0 Å². The first-order chi connectivity index (χ1) is 10.0. The lowest BCUT2D eigenvalue weighted by atomic mass is 9.89. The van der Waals surface area contributed by atoms with E-state index in [0.717, 1.165) is 13.1 Å². The standard InChI is InChI=1S/C17H28N2.C2H6/c1-5-17(3,4)14-18-10-12-19(13-11-18)16-9-7-6-8-15(16)2;1-2/h6-9H,5,10-14H2,1-4H3;1-2H3. The van der Waals surface area contributed by atoms with Gasteiger partial charge < -0.3 is 4.90 Å². The number of rotatable bonds is 4. The monoisotopic (exact) mass is 290 g/mol. The van der Waals surface area contributed by atoms with Gasteiger partial charge in [-0.1, -0.05) is 52.8 Å². The zero-order valence-electron chi connectivity index (χ0n) is 14.9. The second kappa shape index (κ2) is 8.43. The Morgan fingerprint density at radius 1 is 1.00 bits per heavy atom. The van der Waals surface area contributed by atoms with Crippen LogP contribution in [0.5, 0.6) is 0 Å². The molecular weight excluding hydrogens is 256 g/mol. The number of hydrogen-bond donors (Lipinski definition) is 0. The van der Waals surface area contributed by atoms with Crippen molar-refractivity contribution in [2.75, 3.05) is 37.6 Å². The molecule has 1 heterocycles. The van der Waals surface area contributed by atoms with Gasteiger partial charge in [0.25, 0.3) is 0 Å². The molecule has 1 saturated heterocycles. The lowest BCUT2D eigenvalue weighted by molar-refractivity contribution is 0.165. The lowest BCUT2D eigenvalue weighted by Gasteiger charge is -2.40. The van der Waals surface area contributed by atoms with Gasteiger partial charge in [0.15, 0.2) is 0 Å². The van der Waals surface area contributed by atoms with Crippen LogP contribution in [-0.4, -0.2) is 37.6 Å². The summed E-state index contributed by atoms with van der Waals surface area (Å²) in [4.78, 5) is 5.16. The van der Waals surface area contributed by atoms with Crippen LogP contribution in [0, 0.1) is 12.3 Å². The fourth-order valence-electron chi connectivity index (χ4n) is 2.78. The Labute approximate surface area is 132 Å². The molecule has 0 aromatic heterocycles. The van der Waals surface area contributed by atoms with E-state index in [1.165, 1.54) is 37.3 Å². The normalized spacial score (nSPS) is 16.4. The average Bonchev–Trinajstić information content (AvgIpc) is 2.50. The molecule has 21 heavy (non-hydrogen) atoms. The summed E-state index contributed by atoms with van der Waals surface area (Å²) < 4.78 is 0. The Kier molecular flexibility index (Phi) is 7.24. The molecule has 0 aliphatic carbocycles. The zero-order chi connectivity index (χ0) is 15.9. The SMILES string of the molecule is CC.CCC(C)(C)CN1CCN(c2ccccc2C)CC1. The van der Waals surface area contributed by atoms with E-state index in [0.29, 0.717) is 5.41 Å². The Bertz CT molecular complexity index is 404. The van der Waals surface area contributed by atoms with E-state index in [1.807, 2.05) is 13.8 Å². The second-order valence-corrected chi connectivity index (χ2v) is 6.57. The highest BCUT2D eigenvalue weighted by molar-refractivity contribution is 5.53. The van der Waals surface area contributed by atoms with Crippen molar-refractivity contribution >= 4 is 5.69 Å². The fourth-order valence-corrected chi connectivity index (χ4v) is 2.78. The van der Waals surface area contributed by atoms with E-state index in [2.05, 4.69) is 61.8 Å². The van der Waals surface area contributed by atoms with Gasteiger partial charge in [-0.05, 0) is 30.4 Å². The van der Waals surface area contributed by atoms with Crippen molar-refractivity contribution in [1.82, 2.24) is 4.90 Å². The van der Waals surface area contributed by atoms with Gasteiger partial charge in [0.2, 0.25) is 0 Å². The van der Waals surface area contributed by atoms with Crippen LogP contribution < -0.4 is 4.90 Å². The maximum absolute atomic E-state index is 2.62. The highest BCUT2D eigenvalue weighted by Crippen LogP contribution is 2.24. The Hall–Kier alpha value is -1.02. The molecule has 2 nitrogen and oxygen atoms in total. The van der Waals surface area contributed by atoms with E-state index in [9.17, 15) is 0 Å². The van der Waals surface area contributed by atoms with E-state index in [-0.39, 0.29) is 0 Å². The lowest BCUT2D eigenvalue weighted by Crippen LogP contribution is -2.49. The third-order valence-electron chi connectivity index (χ3n) is 4.44. The number of anilines is 1. The Morgan fingerprint density at radius 2 is 1.57 bits per heavy atom. The molecule has 0 unspecified atom stereocenters. The third kappa shape index (κ3) is 5.35. The van der Waals surface area contributed by atoms with Crippen LogP contribution in [0.25, 0.3) is 0 Å². The van der Waals surface area contributed by atoms with Crippen LogP contribution in [0.4, 0.5) is 5.69 Å². The predicted octanol–water partition coefficient (Wildman–Crippen LogP) is 4.58. The zero-order valence-corrected chi connectivity index (χ0v) is 14.9. The number of para-hydroxylation sites is 1. The van der Waals surface area contributed by atoms with Crippen LogP contribution in [0.2, 0.25) is 0 Å². The minimum atomic E-state index is 0.449. The van der Waals surface area contributed by atoms with E-state index in [4.69, 9.17) is 0 Å². The van der Waals surface area contributed by atoms with Crippen molar-refractivity contribution in [3.05, 3.63) is 29.8 Å². The molecule has 0 amide bonds. The number of nitrogens with zero attached hydrogens (tertiary/aromatic N) is 2. The smallest absolute Gasteiger partial charge is 0.0396 e. The van der Waals surface area contributed by atoms with Gasteiger partial charge in [-0.3, -0.25) is 4.90 Å². The van der Waals surface area contributed by atoms with Gasteiger partial charge >= 0.3 is 0 Å². The molecule has 0 atom stereocenters. The highest BCUT2D eigenvalue weighted by atomic mass is 15.3. The van der Waals surface area contributed by atoms with Crippen molar-refractivity contribution in [2.45, 2.75) is 48.0 Å². The van der Waals surface area contributed by atoms with Gasteiger partial charge in [-0.15, -0.1) is 0 Å². The summed E-state index contributed by atoms with van der Waals surface area (Å²) in [6.45, 7) is 19.2. The predicted molar refractivity (Wildman–Crippen MR) is 95.3 cm³/mol. The largest absolute Gasteiger partial charge is 0.369 e. The van der Waals surface area contributed by atoms with E-state index in [1.54, 1.807) is 0 Å². The van der Waals surface area contributed by atoms with Crippen LogP contribution in [0.1, 0.15) is 46.6 Å². The van der Waals surface area contributed by atoms with Crippen molar-refractivity contribution in [3.8, 4) is 0 Å².